The second-order valence-corrected chi connectivity index (χ2v) is 5.44. The molecule has 1 aromatic rings. The highest BCUT2D eigenvalue weighted by Crippen LogP contribution is 2.07. The van der Waals surface area contributed by atoms with Gasteiger partial charge in [0.1, 0.15) is 0 Å². The highest BCUT2D eigenvalue weighted by atomic mass is 15.2. The predicted octanol–water partition coefficient (Wildman–Crippen LogP) is 2.68. The first-order chi connectivity index (χ1) is 9.11. The van der Waals surface area contributed by atoms with Crippen LogP contribution < -0.4 is 5.32 Å². The summed E-state index contributed by atoms with van der Waals surface area (Å²) in [6, 6.07) is 8.61. The Bertz CT molecular complexity index is 332. The van der Waals surface area contributed by atoms with Gasteiger partial charge in [0.25, 0.3) is 0 Å². The molecule has 0 aromatic heterocycles. The van der Waals surface area contributed by atoms with Gasteiger partial charge in [0.15, 0.2) is 0 Å². The molecule has 0 bridgehead atoms. The summed E-state index contributed by atoms with van der Waals surface area (Å²) < 4.78 is 0. The predicted molar refractivity (Wildman–Crippen MR) is 85.0 cm³/mol. The van der Waals surface area contributed by atoms with E-state index in [4.69, 9.17) is 0 Å². The van der Waals surface area contributed by atoms with E-state index in [2.05, 4.69) is 67.3 Å². The molecule has 0 atom stereocenters. The first-order valence-corrected chi connectivity index (χ1v) is 7.29. The lowest BCUT2D eigenvalue weighted by molar-refractivity contribution is 0.248. The lowest BCUT2D eigenvalue weighted by atomic mass is 10.2. The Morgan fingerprint density at radius 3 is 2.21 bits per heavy atom. The summed E-state index contributed by atoms with van der Waals surface area (Å²) in [6.45, 7) is 9.94. The van der Waals surface area contributed by atoms with Crippen LogP contribution in [0.2, 0.25) is 0 Å². The summed E-state index contributed by atoms with van der Waals surface area (Å²) in [5, 5.41) is 3.49. The Labute approximate surface area is 118 Å². The molecule has 0 amide bonds. The molecule has 0 saturated heterocycles. The third-order valence-corrected chi connectivity index (χ3v) is 3.21. The van der Waals surface area contributed by atoms with E-state index in [0.717, 1.165) is 26.2 Å². The lowest BCUT2D eigenvalue weighted by Crippen LogP contribution is -2.35. The summed E-state index contributed by atoms with van der Waals surface area (Å²) in [4.78, 5) is 4.78. The number of likely N-dealkylation sites (N-methyl/N-ethyl adjacent to an activating group) is 1. The lowest BCUT2D eigenvalue weighted by Gasteiger charge is -2.23. The maximum atomic E-state index is 3.49. The molecule has 0 fully saturated rings. The molecule has 19 heavy (non-hydrogen) atoms. The van der Waals surface area contributed by atoms with Crippen LogP contribution in [0.5, 0.6) is 0 Å². The number of anilines is 1. The number of nitrogens with one attached hydrogen (secondary N) is 1. The van der Waals surface area contributed by atoms with Crippen LogP contribution >= 0.6 is 0 Å². The van der Waals surface area contributed by atoms with Gasteiger partial charge in [-0.1, -0.05) is 24.6 Å². The van der Waals surface area contributed by atoms with Crippen molar-refractivity contribution >= 4 is 5.69 Å². The Kier molecular flexibility index (Phi) is 7.53. The average molecular weight is 263 g/mol. The zero-order valence-corrected chi connectivity index (χ0v) is 12.9. The molecule has 1 aromatic carbocycles. The van der Waals surface area contributed by atoms with Gasteiger partial charge in [-0.05, 0) is 46.1 Å². The molecule has 0 aliphatic carbocycles. The van der Waals surface area contributed by atoms with Crippen LogP contribution in [-0.2, 0) is 0 Å². The Morgan fingerprint density at radius 2 is 1.63 bits per heavy atom. The minimum absolute atomic E-state index is 1.01. The van der Waals surface area contributed by atoms with Crippen molar-refractivity contribution in [2.24, 2.45) is 0 Å². The number of nitrogens with zero attached hydrogens (tertiary/aromatic N) is 2. The summed E-state index contributed by atoms with van der Waals surface area (Å²) in [7, 11) is 4.27. The van der Waals surface area contributed by atoms with Crippen LogP contribution in [0, 0.1) is 6.92 Å². The van der Waals surface area contributed by atoms with Gasteiger partial charge < -0.3 is 15.1 Å². The van der Waals surface area contributed by atoms with Crippen molar-refractivity contribution in [2.45, 2.75) is 20.3 Å². The number of hydrogen-bond acceptors (Lipinski definition) is 3. The molecule has 0 heterocycles. The smallest absolute Gasteiger partial charge is 0.0340 e. The van der Waals surface area contributed by atoms with E-state index in [0.29, 0.717) is 0 Å². The van der Waals surface area contributed by atoms with Crippen LogP contribution in [-0.4, -0.2) is 56.6 Å². The molecule has 108 valence electrons. The fraction of sp³-hybridized carbons (Fsp3) is 0.625. The van der Waals surface area contributed by atoms with Crippen molar-refractivity contribution in [1.82, 2.24) is 9.80 Å². The molecular formula is C16H29N3. The first kappa shape index (κ1) is 16.0. The summed E-state index contributed by atoms with van der Waals surface area (Å²) in [5.74, 6) is 0. The van der Waals surface area contributed by atoms with Gasteiger partial charge in [0.05, 0.1) is 0 Å². The van der Waals surface area contributed by atoms with E-state index in [9.17, 15) is 0 Å². The van der Waals surface area contributed by atoms with E-state index in [1.54, 1.807) is 0 Å². The van der Waals surface area contributed by atoms with Crippen molar-refractivity contribution in [2.75, 3.05) is 52.1 Å². The highest BCUT2D eigenvalue weighted by Gasteiger charge is 2.03. The largest absolute Gasteiger partial charge is 0.384 e. The molecule has 0 saturated carbocycles. The van der Waals surface area contributed by atoms with Crippen molar-refractivity contribution in [3.05, 3.63) is 29.8 Å². The minimum atomic E-state index is 1.01. The van der Waals surface area contributed by atoms with Crippen molar-refractivity contribution in [1.29, 1.82) is 0 Å². The molecular weight excluding hydrogens is 234 g/mol. The standard InChI is InChI=1S/C16H29N3/c1-5-11-19(14-13-18(3)4)12-10-17-16-8-6-15(2)7-9-16/h6-9,17H,5,10-14H2,1-4H3. The maximum absolute atomic E-state index is 3.49. The average Bonchev–Trinajstić information content (AvgIpc) is 2.38. The van der Waals surface area contributed by atoms with Crippen LogP contribution in [0.25, 0.3) is 0 Å². The van der Waals surface area contributed by atoms with Gasteiger partial charge in [-0.3, -0.25) is 0 Å². The monoisotopic (exact) mass is 263 g/mol. The summed E-state index contributed by atoms with van der Waals surface area (Å²) in [5.41, 5.74) is 2.53. The summed E-state index contributed by atoms with van der Waals surface area (Å²) in [6.07, 6.45) is 1.22. The third kappa shape index (κ3) is 7.19. The molecule has 0 radical (unpaired) electrons. The van der Waals surface area contributed by atoms with Gasteiger partial charge in [-0.2, -0.15) is 0 Å². The Hall–Kier alpha value is -1.06. The second kappa shape index (κ2) is 8.94. The number of aryl methyl sites for hydroxylation is 1. The van der Waals surface area contributed by atoms with Gasteiger partial charge in [-0.15, -0.1) is 0 Å². The van der Waals surface area contributed by atoms with Gasteiger partial charge in [0.2, 0.25) is 0 Å². The number of hydrogen-bond donors (Lipinski definition) is 1. The SMILES string of the molecule is CCCN(CCNc1ccc(C)cc1)CCN(C)C. The molecule has 0 spiro atoms. The van der Waals surface area contributed by atoms with Crippen molar-refractivity contribution in [3.8, 4) is 0 Å². The maximum Gasteiger partial charge on any atom is 0.0340 e. The van der Waals surface area contributed by atoms with Crippen molar-refractivity contribution in [3.63, 3.8) is 0 Å². The third-order valence-electron chi connectivity index (χ3n) is 3.21. The van der Waals surface area contributed by atoms with Gasteiger partial charge >= 0.3 is 0 Å². The zero-order valence-electron chi connectivity index (χ0n) is 12.9. The number of rotatable bonds is 9. The first-order valence-electron chi connectivity index (χ1n) is 7.29. The van der Waals surface area contributed by atoms with Crippen molar-refractivity contribution < 1.29 is 0 Å². The molecule has 1 rings (SSSR count). The van der Waals surface area contributed by atoms with E-state index in [1.165, 1.54) is 24.2 Å². The van der Waals surface area contributed by atoms with Crippen LogP contribution in [0.1, 0.15) is 18.9 Å². The second-order valence-electron chi connectivity index (χ2n) is 5.44. The Balaban J connectivity index is 2.28. The van der Waals surface area contributed by atoms with E-state index < -0.39 is 0 Å². The minimum Gasteiger partial charge on any atom is -0.384 e. The van der Waals surface area contributed by atoms with Crippen LogP contribution in [0.15, 0.2) is 24.3 Å². The van der Waals surface area contributed by atoms with E-state index in [-0.39, 0.29) is 0 Å². The fourth-order valence-corrected chi connectivity index (χ4v) is 2.02. The number of benzene rings is 1. The van der Waals surface area contributed by atoms with Gasteiger partial charge in [0, 0.05) is 31.9 Å². The topological polar surface area (TPSA) is 18.5 Å². The molecule has 0 aliphatic rings. The van der Waals surface area contributed by atoms with E-state index in [1.807, 2.05) is 0 Å². The molecule has 0 aliphatic heterocycles. The highest BCUT2D eigenvalue weighted by molar-refractivity contribution is 5.44. The fourth-order valence-electron chi connectivity index (χ4n) is 2.02. The van der Waals surface area contributed by atoms with Crippen LogP contribution in [0.3, 0.4) is 0 Å². The van der Waals surface area contributed by atoms with Gasteiger partial charge in [-0.25, -0.2) is 0 Å². The Morgan fingerprint density at radius 1 is 0.947 bits per heavy atom. The van der Waals surface area contributed by atoms with E-state index >= 15 is 0 Å². The molecule has 3 heteroatoms. The van der Waals surface area contributed by atoms with Crippen LogP contribution in [0.4, 0.5) is 5.69 Å². The molecule has 1 N–H and O–H groups in total. The molecule has 0 unspecified atom stereocenters. The zero-order chi connectivity index (χ0) is 14.1. The summed E-state index contributed by atoms with van der Waals surface area (Å²) >= 11 is 0. The quantitative estimate of drug-likeness (QED) is 0.739. The molecule has 3 nitrogen and oxygen atoms in total. The normalized spacial score (nSPS) is 11.3.